The third-order valence-corrected chi connectivity index (χ3v) is 2.24. The van der Waals surface area contributed by atoms with Crippen molar-refractivity contribution in [3.8, 4) is 0 Å². The molecule has 0 fully saturated rings. The zero-order valence-corrected chi connectivity index (χ0v) is 11.0. The summed E-state index contributed by atoms with van der Waals surface area (Å²) in [5, 5.41) is 0. The fourth-order valence-electron chi connectivity index (χ4n) is 1.06. The molecular weight excluding hydrogens is 288 g/mol. The van der Waals surface area contributed by atoms with E-state index < -0.39 is 11.9 Å². The molecule has 0 spiro atoms. The van der Waals surface area contributed by atoms with E-state index in [1.807, 2.05) is 0 Å². The topological polar surface area (TPSA) is 52.6 Å². The van der Waals surface area contributed by atoms with E-state index in [2.05, 4.69) is 15.9 Å². The summed E-state index contributed by atoms with van der Waals surface area (Å²) in [5.41, 5.74) is 0.643. The van der Waals surface area contributed by atoms with E-state index in [1.165, 1.54) is 13.8 Å². The summed E-state index contributed by atoms with van der Waals surface area (Å²) in [7, 11) is 0. The zero-order valence-electron chi connectivity index (χ0n) is 9.40. The number of esters is 2. The molecule has 0 radical (unpaired) electrons. The van der Waals surface area contributed by atoms with E-state index >= 15 is 0 Å². The van der Waals surface area contributed by atoms with Crippen LogP contribution in [0.4, 0.5) is 0 Å². The minimum absolute atomic E-state index is 0.195. The first kappa shape index (κ1) is 13.4. The van der Waals surface area contributed by atoms with Gasteiger partial charge in [0.2, 0.25) is 0 Å². The van der Waals surface area contributed by atoms with Crippen LogP contribution in [0.5, 0.6) is 0 Å². The van der Waals surface area contributed by atoms with Crippen molar-refractivity contribution in [1.29, 1.82) is 0 Å². The first-order valence-electron chi connectivity index (χ1n) is 4.81. The summed E-state index contributed by atoms with van der Waals surface area (Å²) in [5.74, 6) is -0.765. The van der Waals surface area contributed by atoms with Crippen LogP contribution >= 0.6 is 15.9 Å². The summed E-state index contributed by atoms with van der Waals surface area (Å²) in [6.07, 6.45) is 1.12. The molecule has 90 valence electrons. The van der Waals surface area contributed by atoms with Crippen LogP contribution in [0.15, 0.2) is 35.0 Å². The van der Waals surface area contributed by atoms with Crippen molar-refractivity contribution >= 4 is 33.6 Å². The van der Waals surface area contributed by atoms with Gasteiger partial charge < -0.3 is 9.47 Å². The van der Waals surface area contributed by atoms with Gasteiger partial charge in [0.15, 0.2) is 5.76 Å². The number of ether oxygens (including phenoxy) is 2. The van der Waals surface area contributed by atoms with Crippen LogP contribution in [0.2, 0.25) is 0 Å². The first-order valence-corrected chi connectivity index (χ1v) is 5.60. The summed E-state index contributed by atoms with van der Waals surface area (Å²) in [6.45, 7) is 2.55. The van der Waals surface area contributed by atoms with Crippen LogP contribution in [-0.2, 0) is 19.1 Å². The summed E-state index contributed by atoms with van der Waals surface area (Å²) in [4.78, 5) is 21.6. The van der Waals surface area contributed by atoms with Crippen molar-refractivity contribution in [3.63, 3.8) is 0 Å². The SMILES string of the molecule is CC(=O)O/C=C(\OC(C)=O)c1ccc(Br)cc1. The van der Waals surface area contributed by atoms with E-state index in [0.29, 0.717) is 5.56 Å². The van der Waals surface area contributed by atoms with Gasteiger partial charge in [-0.25, -0.2) is 0 Å². The van der Waals surface area contributed by atoms with Gasteiger partial charge in [-0.15, -0.1) is 0 Å². The summed E-state index contributed by atoms with van der Waals surface area (Å²) < 4.78 is 10.6. The molecule has 0 saturated heterocycles. The molecule has 0 bridgehead atoms. The quantitative estimate of drug-likeness (QED) is 0.636. The molecule has 5 heteroatoms. The Kier molecular flexibility index (Phi) is 4.90. The molecule has 0 aliphatic heterocycles. The molecule has 0 heterocycles. The number of halogens is 1. The molecule has 0 N–H and O–H groups in total. The van der Waals surface area contributed by atoms with Crippen molar-refractivity contribution < 1.29 is 19.1 Å². The number of carbonyl (C=O) groups excluding carboxylic acids is 2. The van der Waals surface area contributed by atoms with E-state index in [9.17, 15) is 9.59 Å². The highest BCUT2D eigenvalue weighted by atomic mass is 79.9. The Morgan fingerprint density at radius 3 is 2.18 bits per heavy atom. The fourth-order valence-corrected chi connectivity index (χ4v) is 1.32. The maximum atomic E-state index is 10.9. The maximum Gasteiger partial charge on any atom is 0.308 e. The van der Waals surface area contributed by atoms with Crippen LogP contribution in [-0.4, -0.2) is 11.9 Å². The van der Waals surface area contributed by atoms with E-state index in [4.69, 9.17) is 9.47 Å². The molecule has 0 aliphatic rings. The molecule has 0 saturated carbocycles. The minimum Gasteiger partial charge on any atom is -0.431 e. The molecule has 0 aromatic heterocycles. The highest BCUT2D eigenvalue weighted by molar-refractivity contribution is 9.10. The molecule has 0 aliphatic carbocycles. The molecular formula is C12H11BrO4. The molecule has 0 unspecified atom stereocenters. The second kappa shape index (κ2) is 6.20. The Labute approximate surface area is 107 Å². The van der Waals surface area contributed by atoms with Crippen molar-refractivity contribution in [3.05, 3.63) is 40.6 Å². The minimum atomic E-state index is -0.480. The lowest BCUT2D eigenvalue weighted by Gasteiger charge is -2.06. The predicted molar refractivity (Wildman–Crippen MR) is 65.7 cm³/mol. The van der Waals surface area contributed by atoms with Crippen LogP contribution < -0.4 is 0 Å². The average molecular weight is 299 g/mol. The predicted octanol–water partition coefficient (Wildman–Crippen LogP) is 2.87. The van der Waals surface area contributed by atoms with Gasteiger partial charge in [0, 0.05) is 23.9 Å². The van der Waals surface area contributed by atoms with Crippen molar-refractivity contribution in [2.75, 3.05) is 0 Å². The number of hydrogen-bond acceptors (Lipinski definition) is 4. The van der Waals surface area contributed by atoms with Crippen molar-refractivity contribution in [2.24, 2.45) is 0 Å². The van der Waals surface area contributed by atoms with Gasteiger partial charge >= 0.3 is 11.9 Å². The molecule has 17 heavy (non-hydrogen) atoms. The molecule has 4 nitrogen and oxygen atoms in total. The largest absolute Gasteiger partial charge is 0.431 e. The Morgan fingerprint density at radius 1 is 1.12 bits per heavy atom. The standard InChI is InChI=1S/C12H11BrO4/c1-8(14)16-7-12(17-9(2)15)10-3-5-11(13)6-4-10/h3-7H,1-2H3/b12-7-. The fraction of sp³-hybridized carbons (Fsp3) is 0.167. The Balaban J connectivity index is 2.96. The maximum absolute atomic E-state index is 10.9. The van der Waals surface area contributed by atoms with Crippen molar-refractivity contribution in [2.45, 2.75) is 13.8 Å². The first-order chi connectivity index (χ1) is 7.99. The zero-order chi connectivity index (χ0) is 12.8. The molecule has 0 amide bonds. The molecule has 0 atom stereocenters. The van der Waals surface area contributed by atoms with Gasteiger partial charge in [0.25, 0.3) is 0 Å². The highest BCUT2D eigenvalue weighted by Gasteiger charge is 2.07. The Morgan fingerprint density at radius 2 is 1.71 bits per heavy atom. The van der Waals surface area contributed by atoms with Gasteiger partial charge in [-0.2, -0.15) is 0 Å². The third-order valence-electron chi connectivity index (χ3n) is 1.71. The second-order valence-corrected chi connectivity index (χ2v) is 4.11. The smallest absolute Gasteiger partial charge is 0.308 e. The van der Waals surface area contributed by atoms with Gasteiger partial charge in [0.05, 0.1) is 0 Å². The second-order valence-electron chi connectivity index (χ2n) is 3.19. The van der Waals surface area contributed by atoms with Crippen LogP contribution in [0.25, 0.3) is 5.76 Å². The normalized spacial score (nSPS) is 10.9. The summed E-state index contributed by atoms with van der Waals surface area (Å²) >= 11 is 3.30. The Hall–Kier alpha value is -1.62. The van der Waals surface area contributed by atoms with Crippen molar-refractivity contribution in [1.82, 2.24) is 0 Å². The van der Waals surface area contributed by atoms with Gasteiger partial charge in [0.1, 0.15) is 6.26 Å². The van der Waals surface area contributed by atoms with Gasteiger partial charge in [-0.05, 0) is 24.3 Å². The number of rotatable bonds is 3. The van der Waals surface area contributed by atoms with E-state index in [1.54, 1.807) is 24.3 Å². The lowest BCUT2D eigenvalue weighted by Crippen LogP contribution is -2.00. The van der Waals surface area contributed by atoms with Gasteiger partial charge in [-0.3, -0.25) is 9.59 Å². The third kappa shape index (κ3) is 4.82. The van der Waals surface area contributed by atoms with E-state index in [-0.39, 0.29) is 5.76 Å². The monoisotopic (exact) mass is 298 g/mol. The van der Waals surface area contributed by atoms with E-state index in [0.717, 1.165) is 10.7 Å². The lowest BCUT2D eigenvalue weighted by molar-refractivity contribution is -0.137. The summed E-state index contributed by atoms with van der Waals surface area (Å²) in [6, 6.07) is 7.06. The molecule has 1 aromatic carbocycles. The van der Waals surface area contributed by atoms with Crippen LogP contribution in [0.1, 0.15) is 19.4 Å². The number of carbonyl (C=O) groups is 2. The van der Waals surface area contributed by atoms with Crippen LogP contribution in [0, 0.1) is 0 Å². The van der Waals surface area contributed by atoms with Gasteiger partial charge in [-0.1, -0.05) is 15.9 Å². The van der Waals surface area contributed by atoms with Crippen LogP contribution in [0.3, 0.4) is 0 Å². The number of hydrogen-bond donors (Lipinski definition) is 0. The molecule has 1 rings (SSSR count). The highest BCUT2D eigenvalue weighted by Crippen LogP contribution is 2.19. The lowest BCUT2D eigenvalue weighted by atomic mass is 10.2. The molecule has 1 aromatic rings. The average Bonchev–Trinajstić information content (AvgIpc) is 2.25. The number of benzene rings is 1. The Bertz CT molecular complexity index is 448.